The van der Waals surface area contributed by atoms with Gasteiger partial charge >= 0.3 is 0 Å². The van der Waals surface area contributed by atoms with Crippen LogP contribution in [0.1, 0.15) is 15.9 Å². The normalized spacial score (nSPS) is 10.2. The Hall–Kier alpha value is -2.36. The highest BCUT2D eigenvalue weighted by Crippen LogP contribution is 2.13. The lowest BCUT2D eigenvalue weighted by Gasteiger charge is -2.18. The lowest BCUT2D eigenvalue weighted by atomic mass is 10.1. The Bertz CT molecular complexity index is 554. The second-order valence-electron chi connectivity index (χ2n) is 4.42. The van der Waals surface area contributed by atoms with Crippen LogP contribution in [0.3, 0.4) is 0 Å². The predicted molar refractivity (Wildman–Crippen MR) is 75.8 cm³/mol. The van der Waals surface area contributed by atoms with Gasteiger partial charge < -0.3 is 10.6 Å². The molecule has 2 rings (SSSR count). The average molecular weight is 255 g/mol. The number of likely N-dealkylation sites (N-methyl/N-ethyl adjacent to an activating group) is 1. The topological polar surface area (TPSA) is 59.2 Å². The first-order valence-electron chi connectivity index (χ1n) is 6.17. The first-order valence-corrected chi connectivity index (χ1v) is 6.17. The zero-order chi connectivity index (χ0) is 13.7. The number of carbonyl (C=O) groups is 1. The molecule has 4 heteroatoms. The summed E-state index contributed by atoms with van der Waals surface area (Å²) in [7, 11) is 1.79. The van der Waals surface area contributed by atoms with E-state index in [0.717, 1.165) is 12.0 Å². The largest absolute Gasteiger partial charge is 0.398 e. The lowest BCUT2D eigenvalue weighted by Crippen LogP contribution is -2.29. The maximum Gasteiger partial charge on any atom is 0.255 e. The Labute approximate surface area is 112 Å². The number of benzene rings is 1. The highest BCUT2D eigenvalue weighted by molar-refractivity contribution is 5.98. The van der Waals surface area contributed by atoms with Crippen LogP contribution in [0.5, 0.6) is 0 Å². The van der Waals surface area contributed by atoms with Crippen LogP contribution in [0, 0.1) is 0 Å². The molecule has 0 saturated heterocycles. The summed E-state index contributed by atoms with van der Waals surface area (Å²) >= 11 is 0. The van der Waals surface area contributed by atoms with Crippen molar-refractivity contribution >= 4 is 11.6 Å². The Morgan fingerprint density at radius 1 is 1.21 bits per heavy atom. The monoisotopic (exact) mass is 255 g/mol. The quantitative estimate of drug-likeness (QED) is 0.850. The lowest BCUT2D eigenvalue weighted by molar-refractivity contribution is 0.0797. The molecule has 98 valence electrons. The molecule has 0 unspecified atom stereocenters. The summed E-state index contributed by atoms with van der Waals surface area (Å²) in [5, 5.41) is 0. The van der Waals surface area contributed by atoms with Gasteiger partial charge in [-0.1, -0.05) is 12.1 Å². The van der Waals surface area contributed by atoms with Gasteiger partial charge in [-0.2, -0.15) is 0 Å². The number of para-hydroxylation sites is 1. The second-order valence-corrected chi connectivity index (χ2v) is 4.42. The van der Waals surface area contributed by atoms with Gasteiger partial charge in [0.2, 0.25) is 0 Å². The highest BCUT2D eigenvalue weighted by Gasteiger charge is 2.13. The van der Waals surface area contributed by atoms with Crippen LogP contribution in [0.2, 0.25) is 0 Å². The molecule has 0 atom stereocenters. The van der Waals surface area contributed by atoms with Crippen LogP contribution in [0.15, 0.2) is 48.8 Å². The smallest absolute Gasteiger partial charge is 0.255 e. The third-order valence-corrected chi connectivity index (χ3v) is 3.02. The maximum atomic E-state index is 12.2. The zero-order valence-electron chi connectivity index (χ0n) is 10.9. The molecular weight excluding hydrogens is 238 g/mol. The van der Waals surface area contributed by atoms with Gasteiger partial charge in [0.05, 0.1) is 5.56 Å². The number of rotatable bonds is 4. The van der Waals surface area contributed by atoms with E-state index in [1.165, 1.54) is 0 Å². The zero-order valence-corrected chi connectivity index (χ0v) is 10.9. The van der Waals surface area contributed by atoms with Crippen molar-refractivity contribution in [3.63, 3.8) is 0 Å². The van der Waals surface area contributed by atoms with Gasteiger partial charge in [0.25, 0.3) is 5.91 Å². The first-order chi connectivity index (χ1) is 9.18. The Balaban J connectivity index is 1.99. The van der Waals surface area contributed by atoms with Crippen molar-refractivity contribution in [3.05, 3.63) is 59.9 Å². The van der Waals surface area contributed by atoms with Gasteiger partial charge in [0, 0.05) is 31.7 Å². The van der Waals surface area contributed by atoms with Crippen LogP contribution in [-0.4, -0.2) is 29.4 Å². The minimum Gasteiger partial charge on any atom is -0.398 e. The third-order valence-electron chi connectivity index (χ3n) is 3.02. The molecule has 0 saturated carbocycles. The molecule has 0 spiro atoms. The summed E-state index contributed by atoms with van der Waals surface area (Å²) < 4.78 is 0. The van der Waals surface area contributed by atoms with Crippen LogP contribution in [0.25, 0.3) is 0 Å². The van der Waals surface area contributed by atoms with E-state index in [2.05, 4.69) is 4.98 Å². The number of pyridine rings is 1. The number of amides is 1. The molecule has 0 fully saturated rings. The molecule has 4 nitrogen and oxygen atoms in total. The van der Waals surface area contributed by atoms with Crippen LogP contribution in [-0.2, 0) is 6.42 Å². The second kappa shape index (κ2) is 6.00. The molecule has 2 aromatic rings. The molecule has 0 bridgehead atoms. The molecule has 0 aliphatic carbocycles. The summed E-state index contributed by atoms with van der Waals surface area (Å²) in [6, 6.07) is 11.0. The molecule has 1 heterocycles. The number of hydrogen-bond acceptors (Lipinski definition) is 3. The van der Waals surface area contributed by atoms with Crippen molar-refractivity contribution in [1.29, 1.82) is 0 Å². The summed E-state index contributed by atoms with van der Waals surface area (Å²) in [6.45, 7) is 0.650. The Morgan fingerprint density at radius 3 is 2.58 bits per heavy atom. The molecule has 0 radical (unpaired) electrons. The molecule has 0 aliphatic heterocycles. The van der Waals surface area contributed by atoms with Gasteiger partial charge in [-0.25, -0.2) is 0 Å². The number of nitrogen functional groups attached to an aromatic ring is 1. The summed E-state index contributed by atoms with van der Waals surface area (Å²) in [6.07, 6.45) is 4.32. The minimum absolute atomic E-state index is 0.0489. The molecular formula is C15H17N3O. The fourth-order valence-electron chi connectivity index (χ4n) is 1.85. The summed E-state index contributed by atoms with van der Waals surface area (Å²) in [4.78, 5) is 17.9. The summed E-state index contributed by atoms with van der Waals surface area (Å²) in [5.41, 5.74) is 8.05. The number of anilines is 1. The molecule has 19 heavy (non-hydrogen) atoms. The van der Waals surface area contributed by atoms with Crippen molar-refractivity contribution in [2.75, 3.05) is 19.3 Å². The molecule has 2 N–H and O–H groups in total. The molecule has 1 aromatic carbocycles. The van der Waals surface area contributed by atoms with E-state index >= 15 is 0 Å². The van der Waals surface area contributed by atoms with E-state index in [0.29, 0.717) is 17.8 Å². The van der Waals surface area contributed by atoms with E-state index in [1.54, 1.807) is 36.5 Å². The maximum absolute atomic E-state index is 12.2. The van der Waals surface area contributed by atoms with Crippen molar-refractivity contribution in [1.82, 2.24) is 9.88 Å². The molecule has 0 aliphatic rings. The first kappa shape index (κ1) is 13.1. The minimum atomic E-state index is -0.0489. The van der Waals surface area contributed by atoms with Crippen LogP contribution < -0.4 is 5.73 Å². The van der Waals surface area contributed by atoms with Crippen molar-refractivity contribution in [3.8, 4) is 0 Å². The number of aromatic nitrogens is 1. The Morgan fingerprint density at radius 2 is 1.89 bits per heavy atom. The van der Waals surface area contributed by atoms with Gasteiger partial charge in [0.1, 0.15) is 0 Å². The molecule has 1 amide bonds. The van der Waals surface area contributed by atoms with Gasteiger partial charge in [-0.3, -0.25) is 9.78 Å². The fraction of sp³-hybridized carbons (Fsp3) is 0.200. The van der Waals surface area contributed by atoms with Crippen molar-refractivity contribution < 1.29 is 4.79 Å². The van der Waals surface area contributed by atoms with E-state index in [1.807, 2.05) is 24.3 Å². The third kappa shape index (κ3) is 3.31. The highest BCUT2D eigenvalue weighted by atomic mass is 16.2. The van der Waals surface area contributed by atoms with Crippen LogP contribution >= 0.6 is 0 Å². The van der Waals surface area contributed by atoms with Gasteiger partial charge in [-0.15, -0.1) is 0 Å². The fourth-order valence-corrected chi connectivity index (χ4v) is 1.85. The SMILES string of the molecule is CN(CCc1ccncc1)C(=O)c1ccccc1N. The number of nitrogens with two attached hydrogens (primary N) is 1. The predicted octanol–water partition coefficient (Wildman–Crippen LogP) is 1.98. The Kier molecular flexibility index (Phi) is 4.13. The van der Waals surface area contributed by atoms with E-state index in [4.69, 9.17) is 5.73 Å². The standard InChI is InChI=1S/C15H17N3O/c1-18(11-8-12-6-9-17-10-7-12)15(19)13-4-2-3-5-14(13)16/h2-7,9-10H,8,11,16H2,1H3. The molecule has 1 aromatic heterocycles. The van der Waals surface area contributed by atoms with Crippen molar-refractivity contribution in [2.45, 2.75) is 6.42 Å². The van der Waals surface area contributed by atoms with E-state index in [9.17, 15) is 4.79 Å². The van der Waals surface area contributed by atoms with Crippen molar-refractivity contribution in [2.24, 2.45) is 0 Å². The van der Waals surface area contributed by atoms with E-state index in [-0.39, 0.29) is 5.91 Å². The number of carbonyl (C=O) groups excluding carboxylic acids is 1. The van der Waals surface area contributed by atoms with Gasteiger partial charge in [-0.05, 0) is 36.2 Å². The number of nitrogens with zero attached hydrogens (tertiary/aromatic N) is 2. The average Bonchev–Trinajstić information content (AvgIpc) is 2.45. The van der Waals surface area contributed by atoms with Gasteiger partial charge in [0.15, 0.2) is 0 Å². The van der Waals surface area contributed by atoms with Crippen LogP contribution in [0.4, 0.5) is 5.69 Å². The number of hydrogen-bond donors (Lipinski definition) is 1. The summed E-state index contributed by atoms with van der Waals surface area (Å²) in [5.74, 6) is -0.0489. The van der Waals surface area contributed by atoms with E-state index < -0.39 is 0 Å².